The highest BCUT2D eigenvalue weighted by Gasteiger charge is 2.49. The standard InChI is InChI=1S/C10H20N2O2S/c1-10(2)9(3-8-15(10,13)14)12-6-4-11-5-7-12/h9,11H,3-8H2,1-2H3. The highest BCUT2D eigenvalue weighted by atomic mass is 32.2. The van der Waals surface area contributed by atoms with Crippen LogP contribution in [0.4, 0.5) is 0 Å². The van der Waals surface area contributed by atoms with Crippen molar-refractivity contribution in [2.45, 2.75) is 31.1 Å². The van der Waals surface area contributed by atoms with Gasteiger partial charge in [0.05, 0.1) is 10.5 Å². The molecule has 15 heavy (non-hydrogen) atoms. The molecule has 0 radical (unpaired) electrons. The predicted octanol–water partition coefficient (Wildman–Crippen LogP) is -0.143. The van der Waals surface area contributed by atoms with E-state index in [-0.39, 0.29) is 6.04 Å². The van der Waals surface area contributed by atoms with Crippen molar-refractivity contribution in [2.24, 2.45) is 0 Å². The summed E-state index contributed by atoms with van der Waals surface area (Å²) in [5.74, 6) is 0.356. The summed E-state index contributed by atoms with van der Waals surface area (Å²) in [5.41, 5.74) is 0. The molecule has 0 aromatic carbocycles. The SMILES string of the molecule is CC1(C)C(N2CCNCC2)CCS1(=O)=O. The van der Waals surface area contributed by atoms with E-state index in [9.17, 15) is 8.42 Å². The lowest BCUT2D eigenvalue weighted by molar-refractivity contribution is 0.150. The third-order valence-electron chi connectivity index (χ3n) is 3.86. The Morgan fingerprint density at radius 3 is 2.33 bits per heavy atom. The summed E-state index contributed by atoms with van der Waals surface area (Å²) in [5, 5.41) is 3.30. The van der Waals surface area contributed by atoms with Crippen molar-refractivity contribution < 1.29 is 8.42 Å². The molecule has 4 nitrogen and oxygen atoms in total. The Hall–Kier alpha value is -0.130. The van der Waals surface area contributed by atoms with E-state index >= 15 is 0 Å². The molecule has 1 N–H and O–H groups in total. The molecule has 2 heterocycles. The molecular formula is C10H20N2O2S. The van der Waals surface area contributed by atoms with Gasteiger partial charge in [-0.1, -0.05) is 0 Å². The van der Waals surface area contributed by atoms with E-state index in [4.69, 9.17) is 0 Å². The van der Waals surface area contributed by atoms with Crippen LogP contribution in [0.3, 0.4) is 0 Å². The van der Waals surface area contributed by atoms with E-state index in [1.807, 2.05) is 13.8 Å². The molecule has 0 spiro atoms. The molecule has 0 aromatic rings. The summed E-state index contributed by atoms with van der Waals surface area (Å²) in [6, 6.07) is 0.213. The van der Waals surface area contributed by atoms with Crippen molar-refractivity contribution in [2.75, 3.05) is 31.9 Å². The Morgan fingerprint density at radius 1 is 1.27 bits per heavy atom. The molecule has 0 aromatic heterocycles. The molecule has 0 aliphatic carbocycles. The molecule has 0 amide bonds. The summed E-state index contributed by atoms with van der Waals surface area (Å²) >= 11 is 0. The first-order valence-corrected chi connectivity index (χ1v) is 7.27. The third kappa shape index (κ3) is 1.81. The zero-order chi connectivity index (χ0) is 11.1. The Kier molecular flexibility index (Phi) is 2.81. The largest absolute Gasteiger partial charge is 0.314 e. The Balaban J connectivity index is 2.17. The highest BCUT2D eigenvalue weighted by molar-refractivity contribution is 7.93. The molecule has 2 saturated heterocycles. The summed E-state index contributed by atoms with van der Waals surface area (Å²) in [6.07, 6.45) is 0.801. The normalized spacial score (nSPS) is 35.5. The first-order chi connectivity index (χ1) is 6.95. The van der Waals surface area contributed by atoms with E-state index in [1.54, 1.807) is 0 Å². The van der Waals surface area contributed by atoms with Crippen LogP contribution in [0.2, 0.25) is 0 Å². The number of sulfone groups is 1. The second-order valence-electron chi connectivity index (χ2n) is 5.01. The summed E-state index contributed by atoms with van der Waals surface area (Å²) in [6.45, 7) is 7.66. The zero-order valence-electron chi connectivity index (χ0n) is 9.49. The van der Waals surface area contributed by atoms with E-state index in [0.717, 1.165) is 32.6 Å². The average Bonchev–Trinajstić information content (AvgIpc) is 2.39. The second kappa shape index (κ2) is 3.71. The molecular weight excluding hydrogens is 212 g/mol. The molecule has 1 atom stereocenters. The Labute approximate surface area is 91.9 Å². The smallest absolute Gasteiger partial charge is 0.157 e. The summed E-state index contributed by atoms with van der Waals surface area (Å²) in [4.78, 5) is 2.33. The number of piperazine rings is 1. The van der Waals surface area contributed by atoms with Gasteiger partial charge in [-0.05, 0) is 20.3 Å². The fraction of sp³-hybridized carbons (Fsp3) is 1.00. The van der Waals surface area contributed by atoms with E-state index in [2.05, 4.69) is 10.2 Å². The number of rotatable bonds is 1. The van der Waals surface area contributed by atoms with Crippen molar-refractivity contribution in [1.29, 1.82) is 0 Å². The van der Waals surface area contributed by atoms with Crippen molar-refractivity contribution in [1.82, 2.24) is 10.2 Å². The maximum atomic E-state index is 11.9. The molecule has 0 saturated carbocycles. The zero-order valence-corrected chi connectivity index (χ0v) is 10.3. The number of hydrogen-bond donors (Lipinski definition) is 1. The van der Waals surface area contributed by atoms with Gasteiger partial charge in [-0.3, -0.25) is 4.90 Å². The molecule has 5 heteroatoms. The quantitative estimate of drug-likeness (QED) is 0.683. The van der Waals surface area contributed by atoms with Crippen molar-refractivity contribution >= 4 is 9.84 Å². The molecule has 1 unspecified atom stereocenters. The van der Waals surface area contributed by atoms with Crippen LogP contribution in [-0.4, -0.2) is 56.0 Å². The van der Waals surface area contributed by atoms with Crippen molar-refractivity contribution in [3.8, 4) is 0 Å². The lowest BCUT2D eigenvalue weighted by Crippen LogP contribution is -2.54. The van der Waals surface area contributed by atoms with Crippen molar-refractivity contribution in [3.05, 3.63) is 0 Å². The maximum Gasteiger partial charge on any atom is 0.157 e. The van der Waals surface area contributed by atoms with Gasteiger partial charge < -0.3 is 5.32 Å². The topological polar surface area (TPSA) is 49.4 Å². The van der Waals surface area contributed by atoms with Crippen LogP contribution < -0.4 is 5.32 Å². The van der Waals surface area contributed by atoms with Gasteiger partial charge in [-0.15, -0.1) is 0 Å². The van der Waals surface area contributed by atoms with Crippen LogP contribution in [0.25, 0.3) is 0 Å². The van der Waals surface area contributed by atoms with Gasteiger partial charge in [-0.2, -0.15) is 0 Å². The number of hydrogen-bond acceptors (Lipinski definition) is 4. The molecule has 88 valence electrons. The Bertz CT molecular complexity index is 331. The van der Waals surface area contributed by atoms with Gasteiger partial charge in [0.1, 0.15) is 0 Å². The minimum Gasteiger partial charge on any atom is -0.314 e. The summed E-state index contributed by atoms with van der Waals surface area (Å²) < 4.78 is 23.2. The Morgan fingerprint density at radius 2 is 1.87 bits per heavy atom. The minimum atomic E-state index is -2.89. The van der Waals surface area contributed by atoms with Crippen molar-refractivity contribution in [3.63, 3.8) is 0 Å². The van der Waals surface area contributed by atoms with Crippen LogP contribution in [0.15, 0.2) is 0 Å². The minimum absolute atomic E-state index is 0.213. The van der Waals surface area contributed by atoms with E-state index in [0.29, 0.717) is 5.75 Å². The van der Waals surface area contributed by atoms with Gasteiger partial charge >= 0.3 is 0 Å². The van der Waals surface area contributed by atoms with E-state index in [1.165, 1.54) is 0 Å². The van der Waals surface area contributed by atoms with Crippen LogP contribution in [0.1, 0.15) is 20.3 Å². The lowest BCUT2D eigenvalue weighted by atomic mass is 9.99. The maximum absolute atomic E-state index is 11.9. The van der Waals surface area contributed by atoms with Crippen LogP contribution in [-0.2, 0) is 9.84 Å². The van der Waals surface area contributed by atoms with Gasteiger partial charge in [0.2, 0.25) is 0 Å². The first kappa shape index (κ1) is 11.4. The lowest BCUT2D eigenvalue weighted by Gasteiger charge is -2.38. The molecule has 2 aliphatic heterocycles. The molecule has 2 rings (SSSR count). The van der Waals surface area contributed by atoms with Crippen LogP contribution in [0, 0.1) is 0 Å². The van der Waals surface area contributed by atoms with Gasteiger partial charge in [-0.25, -0.2) is 8.42 Å². The average molecular weight is 232 g/mol. The van der Waals surface area contributed by atoms with Gasteiger partial charge in [0.15, 0.2) is 9.84 Å². The second-order valence-corrected chi connectivity index (χ2v) is 7.70. The molecule has 0 bridgehead atoms. The van der Waals surface area contributed by atoms with Crippen LogP contribution in [0.5, 0.6) is 0 Å². The molecule has 2 aliphatic rings. The molecule has 2 fully saturated rings. The van der Waals surface area contributed by atoms with Crippen LogP contribution >= 0.6 is 0 Å². The summed E-state index contributed by atoms with van der Waals surface area (Å²) in [7, 11) is -2.89. The monoisotopic (exact) mass is 232 g/mol. The number of nitrogens with zero attached hydrogens (tertiary/aromatic N) is 1. The number of nitrogens with one attached hydrogen (secondary N) is 1. The van der Waals surface area contributed by atoms with Gasteiger partial charge in [0, 0.05) is 32.2 Å². The highest BCUT2D eigenvalue weighted by Crippen LogP contribution is 2.35. The van der Waals surface area contributed by atoms with E-state index < -0.39 is 14.6 Å². The fourth-order valence-electron chi connectivity index (χ4n) is 2.70. The first-order valence-electron chi connectivity index (χ1n) is 5.62. The van der Waals surface area contributed by atoms with Gasteiger partial charge in [0.25, 0.3) is 0 Å². The third-order valence-corrected chi connectivity index (χ3v) is 6.50. The fourth-order valence-corrected chi connectivity index (χ4v) is 4.44. The predicted molar refractivity (Wildman–Crippen MR) is 60.7 cm³/mol.